The molecule has 8 heteroatoms. The third kappa shape index (κ3) is 2.87. The van der Waals surface area contributed by atoms with Gasteiger partial charge in [-0.1, -0.05) is 30.2 Å². The van der Waals surface area contributed by atoms with E-state index < -0.39 is 0 Å². The zero-order valence-corrected chi connectivity index (χ0v) is 13.4. The number of nitrogens with one attached hydrogen (secondary N) is 1. The Labute approximate surface area is 134 Å². The van der Waals surface area contributed by atoms with Crippen LogP contribution in [0.15, 0.2) is 30.3 Å². The summed E-state index contributed by atoms with van der Waals surface area (Å²) in [5.41, 5.74) is 2.91. The van der Waals surface area contributed by atoms with E-state index in [9.17, 15) is 0 Å². The summed E-state index contributed by atoms with van der Waals surface area (Å²) in [5, 5.41) is 19.6. The molecule has 0 atom stereocenters. The van der Waals surface area contributed by atoms with Gasteiger partial charge >= 0.3 is 0 Å². The molecule has 0 saturated heterocycles. The number of anilines is 1. The van der Waals surface area contributed by atoms with Crippen LogP contribution >= 0.6 is 0 Å². The Morgan fingerprint density at radius 3 is 2.70 bits per heavy atom. The highest BCUT2D eigenvalue weighted by Crippen LogP contribution is 2.23. The Hall–Kier alpha value is -2.90. The van der Waals surface area contributed by atoms with E-state index >= 15 is 0 Å². The molecular weight excluding hydrogens is 294 g/mol. The van der Waals surface area contributed by atoms with Gasteiger partial charge in [0.15, 0.2) is 0 Å². The van der Waals surface area contributed by atoms with E-state index in [-0.39, 0.29) is 0 Å². The minimum Gasteiger partial charge on any atom is -0.481 e. The van der Waals surface area contributed by atoms with Crippen LogP contribution in [-0.2, 0) is 20.0 Å². The van der Waals surface area contributed by atoms with Crippen molar-refractivity contribution in [1.82, 2.24) is 30.0 Å². The number of ether oxygens (including phenoxy) is 1. The zero-order valence-electron chi connectivity index (χ0n) is 13.4. The molecule has 0 radical (unpaired) electrons. The largest absolute Gasteiger partial charge is 0.481 e. The summed E-state index contributed by atoms with van der Waals surface area (Å²) in [4.78, 5) is 0. The lowest BCUT2D eigenvalue weighted by Crippen LogP contribution is -2.09. The minimum atomic E-state index is 0.535. The van der Waals surface area contributed by atoms with Crippen molar-refractivity contribution in [2.45, 2.75) is 19.9 Å². The first-order valence-electron chi connectivity index (χ1n) is 7.41. The van der Waals surface area contributed by atoms with E-state index in [1.807, 2.05) is 37.4 Å². The Kier molecular flexibility index (Phi) is 4.22. The highest BCUT2D eigenvalue weighted by Gasteiger charge is 2.16. The fraction of sp³-hybridized carbons (Fsp3) is 0.333. The zero-order chi connectivity index (χ0) is 16.2. The number of tetrazole rings is 1. The van der Waals surface area contributed by atoms with Crippen LogP contribution in [-0.4, -0.2) is 37.1 Å². The van der Waals surface area contributed by atoms with Gasteiger partial charge in [0.05, 0.1) is 30.6 Å². The van der Waals surface area contributed by atoms with Gasteiger partial charge in [0.2, 0.25) is 11.8 Å². The van der Waals surface area contributed by atoms with Gasteiger partial charge in [-0.25, -0.2) is 4.68 Å². The summed E-state index contributed by atoms with van der Waals surface area (Å²) in [5.74, 6) is 1.32. The van der Waals surface area contributed by atoms with E-state index in [1.54, 1.807) is 16.5 Å². The first-order chi connectivity index (χ1) is 11.2. The van der Waals surface area contributed by atoms with E-state index in [4.69, 9.17) is 4.74 Å². The monoisotopic (exact) mass is 313 g/mol. The van der Waals surface area contributed by atoms with E-state index in [0.717, 1.165) is 29.2 Å². The molecule has 3 rings (SSSR count). The number of hydrogen-bond donors (Lipinski definition) is 1. The number of hydrogen-bond acceptors (Lipinski definition) is 6. The molecule has 0 fully saturated rings. The Morgan fingerprint density at radius 1 is 1.22 bits per heavy atom. The van der Waals surface area contributed by atoms with Crippen LogP contribution in [0.1, 0.15) is 18.2 Å². The van der Waals surface area contributed by atoms with Crippen molar-refractivity contribution in [2.75, 3.05) is 12.4 Å². The van der Waals surface area contributed by atoms with Crippen molar-refractivity contribution >= 4 is 5.95 Å². The molecule has 0 saturated carbocycles. The third-order valence-electron chi connectivity index (χ3n) is 3.59. The molecule has 2 aromatic heterocycles. The minimum absolute atomic E-state index is 0.535. The summed E-state index contributed by atoms with van der Waals surface area (Å²) in [7, 11) is 3.52. The molecule has 0 aliphatic carbocycles. The predicted molar refractivity (Wildman–Crippen MR) is 85.6 cm³/mol. The van der Waals surface area contributed by atoms with Crippen LogP contribution in [0.3, 0.4) is 0 Å². The Balaban J connectivity index is 1.84. The lowest BCUT2D eigenvalue weighted by molar-refractivity contribution is 0.369. The summed E-state index contributed by atoms with van der Waals surface area (Å²) >= 11 is 0. The topological polar surface area (TPSA) is 82.7 Å². The van der Waals surface area contributed by atoms with Crippen molar-refractivity contribution in [3.63, 3.8) is 0 Å². The van der Waals surface area contributed by atoms with Gasteiger partial charge in [-0.05, 0) is 29.0 Å². The molecule has 1 N–H and O–H groups in total. The van der Waals surface area contributed by atoms with Gasteiger partial charge in [0.1, 0.15) is 0 Å². The molecule has 0 spiro atoms. The summed E-state index contributed by atoms with van der Waals surface area (Å²) in [6, 6.07) is 9.74. The Morgan fingerprint density at radius 2 is 2.00 bits per heavy atom. The number of methoxy groups -OCH3 is 1. The second-order valence-electron chi connectivity index (χ2n) is 5.02. The number of nitrogens with zero attached hydrogens (tertiary/aromatic N) is 6. The molecule has 1 aromatic carbocycles. The quantitative estimate of drug-likeness (QED) is 0.744. The number of aromatic nitrogens is 6. The van der Waals surface area contributed by atoms with Crippen LogP contribution in [0.5, 0.6) is 5.88 Å². The average molecular weight is 313 g/mol. The lowest BCUT2D eigenvalue weighted by Gasteiger charge is -2.08. The van der Waals surface area contributed by atoms with Gasteiger partial charge in [-0.2, -0.15) is 9.78 Å². The van der Waals surface area contributed by atoms with E-state index in [0.29, 0.717) is 12.5 Å². The van der Waals surface area contributed by atoms with Crippen LogP contribution in [0, 0.1) is 0 Å². The normalized spacial score (nSPS) is 10.7. The Bertz CT molecular complexity index is 778. The number of aryl methyl sites for hydroxylation is 2. The SMILES string of the molecule is CCc1nn(C)c(OC)c1CNc1nnnn1-c1ccccc1. The van der Waals surface area contributed by atoms with Crippen LogP contribution < -0.4 is 10.1 Å². The second-order valence-corrected chi connectivity index (χ2v) is 5.02. The molecule has 120 valence electrons. The molecule has 0 aliphatic rings. The highest BCUT2D eigenvalue weighted by atomic mass is 16.5. The number of para-hydroxylation sites is 1. The molecule has 8 nitrogen and oxygen atoms in total. The fourth-order valence-corrected chi connectivity index (χ4v) is 2.53. The summed E-state index contributed by atoms with van der Waals surface area (Å²) in [6.07, 6.45) is 0.831. The summed E-state index contributed by atoms with van der Waals surface area (Å²) in [6.45, 7) is 2.60. The van der Waals surface area contributed by atoms with Gasteiger partial charge in [-0.3, -0.25) is 0 Å². The van der Waals surface area contributed by atoms with Crippen molar-refractivity contribution < 1.29 is 4.74 Å². The van der Waals surface area contributed by atoms with Crippen molar-refractivity contribution in [2.24, 2.45) is 7.05 Å². The molecule has 0 unspecified atom stereocenters. The van der Waals surface area contributed by atoms with Crippen LogP contribution in [0.2, 0.25) is 0 Å². The van der Waals surface area contributed by atoms with Crippen molar-refractivity contribution in [3.8, 4) is 11.6 Å². The van der Waals surface area contributed by atoms with E-state index in [2.05, 4.69) is 32.9 Å². The molecule has 23 heavy (non-hydrogen) atoms. The average Bonchev–Trinajstić information content (AvgIpc) is 3.17. The van der Waals surface area contributed by atoms with Crippen molar-refractivity contribution in [1.29, 1.82) is 0 Å². The van der Waals surface area contributed by atoms with Gasteiger partial charge < -0.3 is 10.1 Å². The van der Waals surface area contributed by atoms with Crippen LogP contribution in [0.25, 0.3) is 5.69 Å². The maximum Gasteiger partial charge on any atom is 0.248 e. The van der Waals surface area contributed by atoms with Crippen molar-refractivity contribution in [3.05, 3.63) is 41.6 Å². The third-order valence-corrected chi connectivity index (χ3v) is 3.59. The van der Waals surface area contributed by atoms with Gasteiger partial charge in [0.25, 0.3) is 0 Å². The van der Waals surface area contributed by atoms with Gasteiger partial charge in [0, 0.05) is 7.05 Å². The molecule has 0 aliphatic heterocycles. The lowest BCUT2D eigenvalue weighted by atomic mass is 10.2. The highest BCUT2D eigenvalue weighted by molar-refractivity contribution is 5.41. The molecule has 0 bridgehead atoms. The second kappa shape index (κ2) is 6.47. The van der Waals surface area contributed by atoms with Crippen LogP contribution in [0.4, 0.5) is 5.95 Å². The standard InChI is InChI=1S/C15H19N7O/c1-4-13-12(14(23-3)21(2)18-13)10-16-15-17-19-20-22(15)11-8-6-5-7-9-11/h5-9H,4,10H2,1-3H3,(H,16,17,20). The first kappa shape index (κ1) is 15.0. The first-order valence-corrected chi connectivity index (χ1v) is 7.41. The number of rotatable bonds is 6. The smallest absolute Gasteiger partial charge is 0.248 e. The molecule has 2 heterocycles. The number of benzene rings is 1. The maximum atomic E-state index is 5.45. The molecule has 3 aromatic rings. The molecular formula is C15H19N7O. The van der Waals surface area contributed by atoms with Gasteiger partial charge in [-0.15, -0.1) is 0 Å². The summed E-state index contributed by atoms with van der Waals surface area (Å²) < 4.78 is 8.85. The van der Waals surface area contributed by atoms with E-state index in [1.165, 1.54) is 0 Å². The predicted octanol–water partition coefficient (Wildman–Crippen LogP) is 1.58. The maximum absolute atomic E-state index is 5.45. The fourth-order valence-electron chi connectivity index (χ4n) is 2.53. The molecule has 0 amide bonds.